The van der Waals surface area contributed by atoms with Crippen molar-refractivity contribution in [2.75, 3.05) is 30.3 Å². The van der Waals surface area contributed by atoms with E-state index in [1.165, 1.54) is 17.5 Å². The Morgan fingerprint density at radius 3 is 2.75 bits per heavy atom. The molecule has 6 heteroatoms. The van der Waals surface area contributed by atoms with E-state index in [1.54, 1.807) is 24.3 Å². The van der Waals surface area contributed by atoms with Crippen LogP contribution in [0.5, 0.6) is 0 Å². The second kappa shape index (κ2) is 5.93. The molecule has 5 nitrogen and oxygen atoms in total. The Bertz CT molecular complexity index is 591. The van der Waals surface area contributed by atoms with E-state index in [0.717, 1.165) is 6.42 Å². The summed E-state index contributed by atoms with van der Waals surface area (Å²) in [6.45, 7) is 3.11. The van der Waals surface area contributed by atoms with Gasteiger partial charge in [-0.15, -0.1) is 0 Å². The number of ether oxygens (including phenoxy) is 1. The van der Waals surface area contributed by atoms with Crippen molar-refractivity contribution in [3.05, 3.63) is 29.8 Å². The van der Waals surface area contributed by atoms with Gasteiger partial charge in [0.15, 0.2) is 5.78 Å². The zero-order valence-electron chi connectivity index (χ0n) is 11.7. The maximum absolute atomic E-state index is 12.0. The summed E-state index contributed by atoms with van der Waals surface area (Å²) < 4.78 is 30.7. The van der Waals surface area contributed by atoms with Crippen molar-refractivity contribution in [3.8, 4) is 0 Å². The summed E-state index contributed by atoms with van der Waals surface area (Å²) in [7, 11) is -3.38. The number of rotatable bonds is 5. The molecule has 0 amide bonds. The van der Waals surface area contributed by atoms with Gasteiger partial charge in [-0.1, -0.05) is 12.1 Å². The molecule has 110 valence electrons. The molecule has 0 saturated carbocycles. The van der Waals surface area contributed by atoms with Gasteiger partial charge in [-0.2, -0.15) is 0 Å². The Kier molecular flexibility index (Phi) is 4.45. The van der Waals surface area contributed by atoms with Crippen molar-refractivity contribution < 1.29 is 17.9 Å². The lowest BCUT2D eigenvalue weighted by Gasteiger charge is -2.25. The number of sulfonamides is 1. The van der Waals surface area contributed by atoms with Crippen molar-refractivity contribution >= 4 is 21.5 Å². The van der Waals surface area contributed by atoms with Crippen molar-refractivity contribution in [2.45, 2.75) is 13.3 Å². The van der Waals surface area contributed by atoms with E-state index >= 15 is 0 Å². The van der Waals surface area contributed by atoms with Gasteiger partial charge in [-0.05, 0) is 25.5 Å². The van der Waals surface area contributed by atoms with E-state index in [4.69, 9.17) is 4.74 Å². The predicted octanol–water partition coefficient (Wildman–Crippen LogP) is 1.69. The number of carbonyl (C=O) groups is 1. The Balaban J connectivity index is 2.31. The summed E-state index contributed by atoms with van der Waals surface area (Å²) in [6.07, 6.45) is 2.04. The fraction of sp³-hybridized carbons (Fsp3) is 0.500. The normalized spacial score (nSPS) is 19.0. The highest BCUT2D eigenvalue weighted by atomic mass is 32.2. The lowest BCUT2D eigenvalue weighted by Crippen LogP contribution is -2.35. The molecule has 0 aliphatic carbocycles. The van der Waals surface area contributed by atoms with E-state index in [-0.39, 0.29) is 11.7 Å². The molecule has 0 spiro atoms. The maximum atomic E-state index is 12.0. The van der Waals surface area contributed by atoms with Gasteiger partial charge in [0, 0.05) is 24.6 Å². The molecule has 1 saturated heterocycles. The van der Waals surface area contributed by atoms with Crippen molar-refractivity contribution in [3.63, 3.8) is 0 Å². The molecule has 1 aliphatic heterocycles. The van der Waals surface area contributed by atoms with Gasteiger partial charge in [-0.25, -0.2) is 8.42 Å². The van der Waals surface area contributed by atoms with E-state index in [1.807, 2.05) is 0 Å². The molecular formula is C14H19NO4S. The molecule has 1 fully saturated rings. The highest BCUT2D eigenvalue weighted by Crippen LogP contribution is 2.23. The van der Waals surface area contributed by atoms with Crippen molar-refractivity contribution in [1.82, 2.24) is 0 Å². The van der Waals surface area contributed by atoms with Crippen LogP contribution in [0.2, 0.25) is 0 Å². The minimum atomic E-state index is -3.38. The van der Waals surface area contributed by atoms with E-state index in [2.05, 4.69) is 0 Å². The number of hydrogen-bond donors (Lipinski definition) is 0. The van der Waals surface area contributed by atoms with Crippen LogP contribution in [0.25, 0.3) is 0 Å². The van der Waals surface area contributed by atoms with E-state index < -0.39 is 10.0 Å². The third-order valence-corrected chi connectivity index (χ3v) is 4.55. The van der Waals surface area contributed by atoms with Crippen LogP contribution in [0.4, 0.5) is 5.69 Å². The first kappa shape index (κ1) is 15.0. The highest BCUT2D eigenvalue weighted by molar-refractivity contribution is 7.92. The molecule has 0 bridgehead atoms. The van der Waals surface area contributed by atoms with Gasteiger partial charge in [0.05, 0.1) is 18.6 Å². The fourth-order valence-electron chi connectivity index (χ4n) is 2.27. The molecule has 1 heterocycles. The monoisotopic (exact) mass is 297 g/mol. The Morgan fingerprint density at radius 2 is 2.20 bits per heavy atom. The predicted molar refractivity (Wildman–Crippen MR) is 77.6 cm³/mol. The fourth-order valence-corrected chi connectivity index (χ4v) is 3.25. The van der Waals surface area contributed by atoms with Crippen LogP contribution >= 0.6 is 0 Å². The molecule has 1 atom stereocenters. The number of ketones is 1. The summed E-state index contributed by atoms with van der Waals surface area (Å²) >= 11 is 0. The van der Waals surface area contributed by atoms with Crippen molar-refractivity contribution in [1.29, 1.82) is 0 Å². The molecule has 1 aromatic rings. The molecule has 0 N–H and O–H groups in total. The first-order valence-electron chi connectivity index (χ1n) is 6.54. The largest absolute Gasteiger partial charge is 0.381 e. The number of carbonyl (C=O) groups excluding carboxylic acids is 1. The molecule has 20 heavy (non-hydrogen) atoms. The van der Waals surface area contributed by atoms with Gasteiger partial charge >= 0.3 is 0 Å². The Morgan fingerprint density at radius 1 is 1.45 bits per heavy atom. The zero-order valence-corrected chi connectivity index (χ0v) is 12.5. The topological polar surface area (TPSA) is 63.7 Å². The van der Waals surface area contributed by atoms with Gasteiger partial charge in [0.1, 0.15) is 0 Å². The smallest absolute Gasteiger partial charge is 0.232 e. The number of benzene rings is 1. The number of Topliss-reactive ketones (excluding diaryl/α,β-unsaturated/α-hetero) is 1. The van der Waals surface area contributed by atoms with Crippen molar-refractivity contribution in [2.24, 2.45) is 5.92 Å². The SMILES string of the molecule is CC(=O)c1cccc(N(CC2CCOC2)S(C)(=O)=O)c1. The van der Waals surface area contributed by atoms with E-state index in [9.17, 15) is 13.2 Å². The van der Waals surface area contributed by atoms with Gasteiger partial charge in [0.25, 0.3) is 0 Å². The highest BCUT2D eigenvalue weighted by Gasteiger charge is 2.25. The second-order valence-electron chi connectivity index (χ2n) is 5.13. The van der Waals surface area contributed by atoms with Crippen LogP contribution in [0.3, 0.4) is 0 Å². The third-order valence-electron chi connectivity index (χ3n) is 3.39. The summed E-state index contributed by atoms with van der Waals surface area (Å²) in [5, 5.41) is 0. The Hall–Kier alpha value is -1.40. The third kappa shape index (κ3) is 3.58. The molecule has 1 aliphatic rings. The van der Waals surface area contributed by atoms with Crippen LogP contribution < -0.4 is 4.31 Å². The molecular weight excluding hydrogens is 278 g/mol. The minimum Gasteiger partial charge on any atom is -0.381 e. The van der Waals surface area contributed by atoms with E-state index in [0.29, 0.717) is 31.0 Å². The number of anilines is 1. The second-order valence-corrected chi connectivity index (χ2v) is 7.04. The first-order valence-corrected chi connectivity index (χ1v) is 8.39. The average Bonchev–Trinajstić information content (AvgIpc) is 2.87. The lowest BCUT2D eigenvalue weighted by atomic mass is 10.1. The Labute approximate surface area is 119 Å². The molecule has 1 unspecified atom stereocenters. The van der Waals surface area contributed by atoms with Gasteiger partial charge in [0.2, 0.25) is 10.0 Å². The van der Waals surface area contributed by atoms with Crippen LogP contribution in [-0.4, -0.2) is 40.2 Å². The lowest BCUT2D eigenvalue weighted by molar-refractivity contribution is 0.101. The standard InChI is InChI=1S/C14H19NO4S/c1-11(16)13-4-3-5-14(8-13)15(20(2,17)18)9-12-6-7-19-10-12/h3-5,8,12H,6-7,9-10H2,1-2H3. The summed E-state index contributed by atoms with van der Waals surface area (Å²) in [5.74, 6) is 0.121. The molecule has 1 aromatic carbocycles. The van der Waals surface area contributed by atoms with Gasteiger partial charge < -0.3 is 4.74 Å². The molecule has 0 radical (unpaired) electrons. The summed E-state index contributed by atoms with van der Waals surface area (Å²) in [5.41, 5.74) is 1.05. The maximum Gasteiger partial charge on any atom is 0.232 e. The molecule has 2 rings (SSSR count). The summed E-state index contributed by atoms with van der Waals surface area (Å²) in [6, 6.07) is 6.73. The van der Waals surface area contributed by atoms with Crippen LogP contribution in [0.1, 0.15) is 23.7 Å². The molecule has 0 aromatic heterocycles. The summed E-state index contributed by atoms with van der Waals surface area (Å²) in [4.78, 5) is 11.4. The van der Waals surface area contributed by atoms with Crippen LogP contribution in [-0.2, 0) is 14.8 Å². The van der Waals surface area contributed by atoms with Crippen LogP contribution in [0.15, 0.2) is 24.3 Å². The number of hydrogen-bond acceptors (Lipinski definition) is 4. The number of nitrogens with zero attached hydrogens (tertiary/aromatic N) is 1. The van der Waals surface area contributed by atoms with Gasteiger partial charge in [-0.3, -0.25) is 9.10 Å². The minimum absolute atomic E-state index is 0.0792. The van der Waals surface area contributed by atoms with Crippen LogP contribution in [0, 0.1) is 5.92 Å². The quantitative estimate of drug-likeness (QED) is 0.776. The zero-order chi connectivity index (χ0) is 14.8. The first-order chi connectivity index (χ1) is 9.38. The average molecular weight is 297 g/mol.